The molecule has 0 radical (unpaired) electrons. The average Bonchev–Trinajstić information content (AvgIpc) is 2.89. The molecule has 5 atom stereocenters. The summed E-state index contributed by atoms with van der Waals surface area (Å²) in [5, 5.41) is 0.435. The van der Waals surface area contributed by atoms with Gasteiger partial charge < -0.3 is 18.9 Å². The predicted octanol–water partition coefficient (Wildman–Crippen LogP) is -0.240. The van der Waals surface area contributed by atoms with Crippen LogP contribution in [0, 0.1) is 0 Å². The maximum atomic E-state index is 11.5. The standard InChI is InChI=1S/C14H20N2O8S/c1-6(17)21-5-9-11(22-7(2)18)12(23-8(3)19)10-13(24-9)25-14(15-10)16-20-4/h9-13H,5H2,1-4H3,(H,15,16)/t9-,10?,11-,12-,13?/m1/s1. The summed E-state index contributed by atoms with van der Waals surface area (Å²) in [5.41, 5.74) is 2.08. The van der Waals surface area contributed by atoms with Gasteiger partial charge in [0, 0.05) is 20.8 Å². The van der Waals surface area contributed by atoms with Gasteiger partial charge in [-0.1, -0.05) is 11.8 Å². The predicted molar refractivity (Wildman–Crippen MR) is 85.4 cm³/mol. The Morgan fingerprint density at radius 2 is 1.76 bits per heavy atom. The van der Waals surface area contributed by atoms with Gasteiger partial charge in [0.1, 0.15) is 24.2 Å². The first kappa shape index (κ1) is 19.5. The number of nitrogens with zero attached hydrogens (tertiary/aromatic N) is 1. The molecule has 0 aliphatic carbocycles. The van der Waals surface area contributed by atoms with E-state index in [1.54, 1.807) is 0 Å². The quantitative estimate of drug-likeness (QED) is 0.391. The van der Waals surface area contributed by atoms with E-state index in [0.717, 1.165) is 0 Å². The van der Waals surface area contributed by atoms with Gasteiger partial charge in [0.25, 0.3) is 0 Å². The van der Waals surface area contributed by atoms with E-state index in [2.05, 4.69) is 10.5 Å². The van der Waals surface area contributed by atoms with E-state index >= 15 is 0 Å². The molecule has 10 nitrogen and oxygen atoms in total. The molecule has 0 bridgehead atoms. The molecule has 25 heavy (non-hydrogen) atoms. The Balaban J connectivity index is 2.27. The third-order valence-corrected chi connectivity index (χ3v) is 4.39. The minimum Gasteiger partial charge on any atom is -0.463 e. The van der Waals surface area contributed by atoms with Gasteiger partial charge >= 0.3 is 17.9 Å². The maximum Gasteiger partial charge on any atom is 0.303 e. The van der Waals surface area contributed by atoms with Crippen LogP contribution in [0.1, 0.15) is 20.8 Å². The van der Waals surface area contributed by atoms with Crippen molar-refractivity contribution in [2.45, 2.75) is 50.6 Å². The number of hydrogen-bond acceptors (Lipinski definition) is 11. The highest BCUT2D eigenvalue weighted by Crippen LogP contribution is 2.38. The van der Waals surface area contributed by atoms with Crippen LogP contribution in [0.2, 0.25) is 0 Å². The molecule has 0 spiro atoms. The molecule has 2 unspecified atom stereocenters. The number of carbonyl (C=O) groups excluding carboxylic acids is 3. The Bertz CT molecular complexity index is 569. The fraction of sp³-hybridized carbons (Fsp3) is 0.714. The molecule has 1 saturated heterocycles. The van der Waals surface area contributed by atoms with E-state index in [1.807, 2.05) is 0 Å². The van der Waals surface area contributed by atoms with Crippen LogP contribution < -0.4 is 5.48 Å². The van der Waals surface area contributed by atoms with Crippen molar-refractivity contribution in [1.82, 2.24) is 5.48 Å². The number of esters is 3. The van der Waals surface area contributed by atoms with E-state index in [4.69, 9.17) is 23.8 Å². The first-order chi connectivity index (χ1) is 11.8. The second kappa shape index (κ2) is 8.50. The van der Waals surface area contributed by atoms with Crippen molar-refractivity contribution < 1.29 is 38.2 Å². The zero-order valence-electron chi connectivity index (χ0n) is 14.2. The van der Waals surface area contributed by atoms with Crippen LogP contribution in [-0.2, 0) is 38.2 Å². The van der Waals surface area contributed by atoms with E-state index in [1.165, 1.54) is 39.6 Å². The number of carbonyl (C=O) groups is 3. The Hall–Kier alpha value is -1.85. The molecule has 0 saturated carbocycles. The van der Waals surface area contributed by atoms with Gasteiger partial charge in [0.05, 0.1) is 7.11 Å². The van der Waals surface area contributed by atoms with Gasteiger partial charge in [-0.3, -0.25) is 19.2 Å². The molecule has 0 aromatic rings. The molecule has 0 aromatic carbocycles. The van der Waals surface area contributed by atoms with Crippen molar-refractivity contribution in [3.05, 3.63) is 0 Å². The van der Waals surface area contributed by atoms with Crippen LogP contribution >= 0.6 is 11.8 Å². The number of hydrogen-bond donors (Lipinski definition) is 1. The third-order valence-electron chi connectivity index (χ3n) is 3.35. The summed E-state index contributed by atoms with van der Waals surface area (Å²) in [4.78, 5) is 43.3. The molecule has 11 heteroatoms. The first-order valence-corrected chi connectivity index (χ1v) is 8.36. The van der Waals surface area contributed by atoms with Gasteiger partial charge in [-0.05, 0) is 0 Å². The van der Waals surface area contributed by atoms with Crippen LogP contribution in [0.4, 0.5) is 0 Å². The normalized spacial score (nSPS) is 30.7. The molecule has 0 aromatic heterocycles. The van der Waals surface area contributed by atoms with Gasteiger partial charge in [0.2, 0.25) is 0 Å². The molecule has 2 rings (SSSR count). The summed E-state index contributed by atoms with van der Waals surface area (Å²) in [7, 11) is 1.43. The number of hydroxylamine groups is 1. The van der Waals surface area contributed by atoms with E-state index in [-0.39, 0.29) is 6.61 Å². The topological polar surface area (TPSA) is 122 Å². The maximum absolute atomic E-state index is 11.5. The SMILES string of the molecule is CONC1=NC2C(O[C@H](COC(C)=O)[C@@H](OC(C)=O)[C@@H]2OC(C)=O)S1. The Labute approximate surface area is 148 Å². The van der Waals surface area contributed by atoms with Gasteiger partial charge in [-0.15, -0.1) is 0 Å². The lowest BCUT2D eigenvalue weighted by Gasteiger charge is -2.41. The van der Waals surface area contributed by atoms with Crippen LogP contribution in [-0.4, -0.2) is 66.6 Å². The number of aliphatic imine (C=N–C) groups is 1. The highest BCUT2D eigenvalue weighted by atomic mass is 32.2. The third kappa shape index (κ3) is 5.06. The lowest BCUT2D eigenvalue weighted by Crippen LogP contribution is -2.59. The van der Waals surface area contributed by atoms with Crippen molar-refractivity contribution in [2.75, 3.05) is 13.7 Å². The van der Waals surface area contributed by atoms with Crippen molar-refractivity contribution in [2.24, 2.45) is 4.99 Å². The summed E-state index contributed by atoms with van der Waals surface area (Å²) in [6, 6.07) is -0.607. The van der Waals surface area contributed by atoms with Crippen molar-refractivity contribution >= 4 is 34.8 Å². The molecular formula is C14H20N2O8S. The minimum absolute atomic E-state index is 0.151. The minimum atomic E-state index is -0.965. The van der Waals surface area contributed by atoms with Crippen LogP contribution in [0.25, 0.3) is 0 Å². The highest BCUT2D eigenvalue weighted by Gasteiger charge is 2.53. The number of fused-ring (bicyclic) bond motifs is 1. The van der Waals surface area contributed by atoms with Crippen LogP contribution in [0.15, 0.2) is 4.99 Å². The lowest BCUT2D eigenvalue weighted by molar-refractivity contribution is -0.208. The van der Waals surface area contributed by atoms with Crippen molar-refractivity contribution in [3.63, 3.8) is 0 Å². The summed E-state index contributed by atoms with van der Waals surface area (Å²) in [6.45, 7) is 3.58. The highest BCUT2D eigenvalue weighted by molar-refractivity contribution is 8.14. The summed E-state index contributed by atoms with van der Waals surface area (Å²) < 4.78 is 21.5. The van der Waals surface area contributed by atoms with Crippen LogP contribution in [0.5, 0.6) is 0 Å². The Morgan fingerprint density at radius 1 is 1.12 bits per heavy atom. The summed E-state index contributed by atoms with van der Waals surface area (Å²) in [6.07, 6.45) is -2.65. The molecular weight excluding hydrogens is 356 g/mol. The largest absolute Gasteiger partial charge is 0.463 e. The number of thioether (sulfide) groups is 1. The van der Waals surface area contributed by atoms with Crippen molar-refractivity contribution in [1.29, 1.82) is 0 Å². The Kier molecular flexibility index (Phi) is 6.62. The van der Waals surface area contributed by atoms with E-state index < -0.39 is 47.7 Å². The van der Waals surface area contributed by atoms with Gasteiger partial charge in [-0.25, -0.2) is 10.5 Å². The molecule has 1 fully saturated rings. The number of amidine groups is 1. The lowest BCUT2D eigenvalue weighted by atomic mass is 9.98. The zero-order valence-corrected chi connectivity index (χ0v) is 15.0. The summed E-state index contributed by atoms with van der Waals surface area (Å²) in [5.74, 6) is -1.64. The summed E-state index contributed by atoms with van der Waals surface area (Å²) >= 11 is 1.23. The molecule has 1 N–H and O–H groups in total. The van der Waals surface area contributed by atoms with Crippen molar-refractivity contribution in [3.8, 4) is 0 Å². The molecule has 2 aliphatic heterocycles. The fourth-order valence-electron chi connectivity index (χ4n) is 2.53. The molecule has 0 amide bonds. The number of nitrogens with one attached hydrogen (secondary N) is 1. The second-order valence-electron chi connectivity index (χ2n) is 5.34. The monoisotopic (exact) mass is 376 g/mol. The Morgan fingerprint density at radius 3 is 2.32 bits per heavy atom. The number of ether oxygens (including phenoxy) is 4. The van der Waals surface area contributed by atoms with E-state index in [0.29, 0.717) is 5.17 Å². The number of rotatable bonds is 5. The van der Waals surface area contributed by atoms with E-state index in [9.17, 15) is 14.4 Å². The molecule has 140 valence electrons. The second-order valence-corrected chi connectivity index (χ2v) is 6.43. The average molecular weight is 376 g/mol. The van der Waals surface area contributed by atoms with Gasteiger partial charge in [0.15, 0.2) is 17.4 Å². The molecule has 2 aliphatic rings. The zero-order chi connectivity index (χ0) is 18.6. The van der Waals surface area contributed by atoms with Gasteiger partial charge in [-0.2, -0.15) is 0 Å². The first-order valence-electron chi connectivity index (χ1n) is 7.48. The smallest absolute Gasteiger partial charge is 0.303 e. The molecule has 2 heterocycles. The fourth-order valence-corrected chi connectivity index (χ4v) is 3.62. The van der Waals surface area contributed by atoms with Crippen LogP contribution in [0.3, 0.4) is 0 Å².